The molecule has 1 aromatic heterocycles. The Morgan fingerprint density at radius 2 is 1.96 bits per heavy atom. The van der Waals surface area contributed by atoms with Crippen LogP contribution in [0.4, 0.5) is 5.69 Å². The van der Waals surface area contributed by atoms with Crippen LogP contribution in [0, 0.1) is 0 Å². The van der Waals surface area contributed by atoms with Crippen molar-refractivity contribution in [3.8, 4) is 5.75 Å². The van der Waals surface area contributed by atoms with Gasteiger partial charge in [-0.2, -0.15) is 5.10 Å². The Morgan fingerprint density at radius 3 is 2.68 bits per heavy atom. The zero-order valence-electron chi connectivity index (χ0n) is 15.7. The largest absolute Gasteiger partial charge is 0.464 e. The van der Waals surface area contributed by atoms with Gasteiger partial charge in [-0.25, -0.2) is 5.01 Å². The van der Waals surface area contributed by atoms with Crippen LogP contribution in [-0.2, 0) is 0 Å². The standard InChI is InChI=1S/C22H20ClN3OS/c1-25(2)16-8-5-14(6-9-16)22-26-19(13-18(24-26)21-4-3-11-28-21)17-12-15(23)7-10-20(17)27-22/h3-12,19,22H,13H2,1-2H3/t19-,22+/m1/s1. The van der Waals surface area contributed by atoms with Gasteiger partial charge in [0.1, 0.15) is 5.75 Å². The monoisotopic (exact) mass is 409 g/mol. The Morgan fingerprint density at radius 1 is 1.14 bits per heavy atom. The highest BCUT2D eigenvalue weighted by Crippen LogP contribution is 2.48. The summed E-state index contributed by atoms with van der Waals surface area (Å²) in [6.45, 7) is 0. The van der Waals surface area contributed by atoms with E-state index in [0.717, 1.165) is 39.7 Å². The number of benzene rings is 2. The molecule has 3 aromatic rings. The van der Waals surface area contributed by atoms with Gasteiger partial charge in [0, 0.05) is 42.4 Å². The fourth-order valence-corrected chi connectivity index (χ4v) is 4.71. The number of nitrogens with zero attached hydrogens (tertiary/aromatic N) is 3. The summed E-state index contributed by atoms with van der Waals surface area (Å²) in [6, 6.07) is 18.7. The number of hydrogen-bond donors (Lipinski definition) is 0. The fourth-order valence-electron chi connectivity index (χ4n) is 3.81. The van der Waals surface area contributed by atoms with Gasteiger partial charge in [0.2, 0.25) is 6.23 Å². The summed E-state index contributed by atoms with van der Waals surface area (Å²) in [5.41, 5.74) is 4.45. The van der Waals surface area contributed by atoms with Crippen LogP contribution in [0.3, 0.4) is 0 Å². The van der Waals surface area contributed by atoms with E-state index in [4.69, 9.17) is 21.4 Å². The Kier molecular flexibility index (Phi) is 4.29. The number of anilines is 1. The number of ether oxygens (including phenoxy) is 1. The first-order chi connectivity index (χ1) is 13.6. The molecule has 2 aromatic carbocycles. The third kappa shape index (κ3) is 2.95. The van der Waals surface area contributed by atoms with Gasteiger partial charge in [-0.15, -0.1) is 11.3 Å². The second kappa shape index (κ2) is 6.83. The molecule has 0 saturated heterocycles. The molecule has 6 heteroatoms. The summed E-state index contributed by atoms with van der Waals surface area (Å²) in [5, 5.41) is 9.89. The highest BCUT2D eigenvalue weighted by molar-refractivity contribution is 7.12. The Labute approximate surface area is 173 Å². The van der Waals surface area contributed by atoms with Crippen LogP contribution in [-0.4, -0.2) is 24.8 Å². The van der Waals surface area contributed by atoms with Crippen molar-refractivity contribution < 1.29 is 4.74 Å². The molecule has 2 atom stereocenters. The van der Waals surface area contributed by atoms with Crippen LogP contribution in [0.5, 0.6) is 5.75 Å². The van der Waals surface area contributed by atoms with Crippen molar-refractivity contribution in [1.29, 1.82) is 0 Å². The maximum absolute atomic E-state index is 6.40. The molecule has 0 aliphatic carbocycles. The van der Waals surface area contributed by atoms with E-state index in [1.165, 1.54) is 4.88 Å². The fraction of sp³-hybridized carbons (Fsp3) is 0.227. The molecule has 0 bridgehead atoms. The number of hydrazone groups is 1. The lowest BCUT2D eigenvalue weighted by molar-refractivity contribution is -0.0190. The molecule has 0 N–H and O–H groups in total. The lowest BCUT2D eigenvalue weighted by Gasteiger charge is -2.38. The highest BCUT2D eigenvalue weighted by atomic mass is 35.5. The lowest BCUT2D eigenvalue weighted by atomic mass is 9.97. The normalized spacial score (nSPS) is 20.2. The minimum absolute atomic E-state index is 0.123. The summed E-state index contributed by atoms with van der Waals surface area (Å²) in [6.07, 6.45) is 0.594. The van der Waals surface area contributed by atoms with Crippen LogP contribution >= 0.6 is 22.9 Å². The third-order valence-corrected chi connectivity index (χ3v) is 6.41. The maximum Gasteiger partial charge on any atom is 0.213 e. The number of thiophene rings is 1. The van der Waals surface area contributed by atoms with Crippen molar-refractivity contribution in [1.82, 2.24) is 5.01 Å². The van der Waals surface area contributed by atoms with E-state index < -0.39 is 0 Å². The van der Waals surface area contributed by atoms with E-state index in [1.807, 2.05) is 32.3 Å². The molecule has 2 aliphatic rings. The van der Waals surface area contributed by atoms with Crippen LogP contribution in [0.1, 0.15) is 34.7 Å². The average Bonchev–Trinajstić information content (AvgIpc) is 3.37. The molecule has 0 spiro atoms. The molecule has 0 radical (unpaired) electrons. The van der Waals surface area contributed by atoms with Gasteiger partial charge in [-0.05, 0) is 41.8 Å². The van der Waals surface area contributed by atoms with E-state index in [9.17, 15) is 0 Å². The maximum atomic E-state index is 6.40. The van der Waals surface area contributed by atoms with Gasteiger partial charge in [0.25, 0.3) is 0 Å². The van der Waals surface area contributed by atoms with E-state index in [1.54, 1.807) is 11.3 Å². The molecule has 0 fully saturated rings. The SMILES string of the molecule is CN(C)c1ccc([C@@H]2Oc3ccc(Cl)cc3[C@H]3CC(c4cccs4)=NN32)cc1. The van der Waals surface area contributed by atoms with E-state index >= 15 is 0 Å². The van der Waals surface area contributed by atoms with Crippen LogP contribution in [0.2, 0.25) is 5.02 Å². The first-order valence-corrected chi connectivity index (χ1v) is 10.5. The Bertz CT molecular complexity index is 1030. The summed E-state index contributed by atoms with van der Waals surface area (Å²) in [4.78, 5) is 3.30. The molecule has 142 valence electrons. The van der Waals surface area contributed by atoms with Gasteiger partial charge >= 0.3 is 0 Å². The van der Waals surface area contributed by atoms with E-state index in [2.05, 4.69) is 51.7 Å². The van der Waals surface area contributed by atoms with Gasteiger partial charge < -0.3 is 9.64 Å². The number of halogens is 1. The Balaban J connectivity index is 1.57. The molecule has 0 unspecified atom stereocenters. The van der Waals surface area contributed by atoms with Crippen molar-refractivity contribution in [3.05, 3.63) is 81.0 Å². The van der Waals surface area contributed by atoms with Gasteiger partial charge in [-0.3, -0.25) is 0 Å². The number of hydrogen-bond acceptors (Lipinski definition) is 5. The number of fused-ring (bicyclic) bond motifs is 3. The predicted molar refractivity (Wildman–Crippen MR) is 116 cm³/mol. The highest BCUT2D eigenvalue weighted by Gasteiger charge is 2.41. The molecule has 5 rings (SSSR count). The summed E-state index contributed by atoms with van der Waals surface area (Å²) >= 11 is 8.01. The minimum Gasteiger partial charge on any atom is -0.464 e. The summed E-state index contributed by atoms with van der Waals surface area (Å²) in [5.74, 6) is 0.884. The minimum atomic E-state index is -0.257. The van der Waals surface area contributed by atoms with Gasteiger partial charge in [0.05, 0.1) is 16.6 Å². The second-order valence-corrected chi connectivity index (χ2v) is 8.65. The van der Waals surface area contributed by atoms with Gasteiger partial charge in [-0.1, -0.05) is 29.8 Å². The first-order valence-electron chi connectivity index (χ1n) is 9.23. The smallest absolute Gasteiger partial charge is 0.213 e. The molecule has 0 amide bonds. The average molecular weight is 410 g/mol. The predicted octanol–water partition coefficient (Wildman–Crippen LogP) is 5.71. The molecular formula is C22H20ClN3OS. The van der Waals surface area contributed by atoms with Crippen LogP contribution in [0.15, 0.2) is 65.1 Å². The quantitative estimate of drug-likeness (QED) is 0.554. The van der Waals surface area contributed by atoms with Crippen molar-refractivity contribution in [3.63, 3.8) is 0 Å². The molecule has 28 heavy (non-hydrogen) atoms. The summed E-state index contributed by atoms with van der Waals surface area (Å²) in [7, 11) is 4.08. The topological polar surface area (TPSA) is 28.1 Å². The van der Waals surface area contributed by atoms with Crippen LogP contribution < -0.4 is 9.64 Å². The zero-order chi connectivity index (χ0) is 19.3. The molecule has 2 aliphatic heterocycles. The second-order valence-electron chi connectivity index (χ2n) is 7.26. The van der Waals surface area contributed by atoms with Crippen molar-refractivity contribution in [2.75, 3.05) is 19.0 Å². The van der Waals surface area contributed by atoms with E-state index in [-0.39, 0.29) is 12.3 Å². The lowest BCUT2D eigenvalue weighted by Crippen LogP contribution is -2.33. The van der Waals surface area contributed by atoms with Crippen LogP contribution in [0.25, 0.3) is 0 Å². The summed E-state index contributed by atoms with van der Waals surface area (Å²) < 4.78 is 6.40. The zero-order valence-corrected chi connectivity index (χ0v) is 17.2. The van der Waals surface area contributed by atoms with E-state index in [0.29, 0.717) is 0 Å². The Hall–Kier alpha value is -2.50. The number of rotatable bonds is 3. The molecule has 0 saturated carbocycles. The van der Waals surface area contributed by atoms with Crippen molar-refractivity contribution in [2.45, 2.75) is 18.7 Å². The third-order valence-electron chi connectivity index (χ3n) is 5.25. The van der Waals surface area contributed by atoms with Crippen molar-refractivity contribution >= 4 is 34.3 Å². The first kappa shape index (κ1) is 17.6. The van der Waals surface area contributed by atoms with Gasteiger partial charge in [0.15, 0.2) is 0 Å². The molecule has 3 heterocycles. The molecular weight excluding hydrogens is 390 g/mol. The molecule has 4 nitrogen and oxygen atoms in total. The van der Waals surface area contributed by atoms with Crippen molar-refractivity contribution in [2.24, 2.45) is 5.10 Å².